The maximum atomic E-state index is 12.6. The summed E-state index contributed by atoms with van der Waals surface area (Å²) in [4.78, 5) is 21.5. The molecule has 220 valence electrons. The van der Waals surface area contributed by atoms with E-state index < -0.39 is 0 Å². The van der Waals surface area contributed by atoms with Crippen LogP contribution in [0.1, 0.15) is 74.3 Å². The standard InChI is InChI=1S/C35H41FN4O2/c1-23(41)40-32-12-8-25(18-27(32)20-35(40,2)3)30-7-4-6-24-19-28(37)10-11-31(24)34(30)26-9-13-33(38-21-26)42-29-14-17-39(22-29)16-5-15-36/h8-13,18-19,21,29H,4-7,14-17,20,22,37H2,1-3H3. The molecule has 1 amide bonds. The number of nitrogens with zero attached hydrogens (tertiary/aromatic N) is 3. The Kier molecular flexibility index (Phi) is 7.79. The highest BCUT2D eigenvalue weighted by Crippen LogP contribution is 2.44. The number of rotatable bonds is 7. The monoisotopic (exact) mass is 568 g/mol. The first-order valence-corrected chi connectivity index (χ1v) is 15.2. The van der Waals surface area contributed by atoms with Crippen molar-refractivity contribution in [3.63, 3.8) is 0 Å². The number of halogens is 1. The van der Waals surface area contributed by atoms with Gasteiger partial charge in [-0.1, -0.05) is 12.1 Å². The fraction of sp³-hybridized carbons (Fsp3) is 0.429. The van der Waals surface area contributed by atoms with Gasteiger partial charge >= 0.3 is 0 Å². The van der Waals surface area contributed by atoms with Gasteiger partial charge in [0.1, 0.15) is 6.10 Å². The normalized spacial score (nSPS) is 19.9. The quantitative estimate of drug-likeness (QED) is 0.331. The largest absolute Gasteiger partial charge is 0.473 e. The van der Waals surface area contributed by atoms with E-state index in [1.165, 1.54) is 33.4 Å². The van der Waals surface area contributed by atoms with Gasteiger partial charge in [-0.3, -0.25) is 14.1 Å². The average Bonchev–Trinajstić information content (AvgIpc) is 3.45. The lowest BCUT2D eigenvalue weighted by molar-refractivity contribution is -0.117. The first-order valence-electron chi connectivity index (χ1n) is 15.2. The number of anilines is 2. The SMILES string of the molecule is CC(=O)N1c2ccc(C3=C(c4ccc(OC5CCN(CCCF)C5)nc4)c4ccc(N)cc4CCC3)cc2CC1(C)C. The molecular weight excluding hydrogens is 527 g/mol. The van der Waals surface area contributed by atoms with Crippen molar-refractivity contribution in [1.29, 1.82) is 0 Å². The molecule has 1 fully saturated rings. The molecule has 0 bridgehead atoms. The molecule has 1 aromatic heterocycles. The highest BCUT2D eigenvalue weighted by Gasteiger charge is 2.38. The number of aromatic nitrogens is 1. The van der Waals surface area contributed by atoms with Crippen LogP contribution in [0, 0.1) is 0 Å². The van der Waals surface area contributed by atoms with Gasteiger partial charge in [0.25, 0.3) is 0 Å². The number of benzene rings is 2. The summed E-state index contributed by atoms with van der Waals surface area (Å²) in [6.45, 7) is 8.15. The molecule has 0 saturated carbocycles. The second-order valence-electron chi connectivity index (χ2n) is 12.6. The summed E-state index contributed by atoms with van der Waals surface area (Å²) in [6.07, 6.45) is 7.23. The summed E-state index contributed by atoms with van der Waals surface area (Å²) >= 11 is 0. The molecule has 42 heavy (non-hydrogen) atoms. The number of alkyl halides is 1. The molecule has 1 unspecified atom stereocenters. The van der Waals surface area contributed by atoms with Gasteiger partial charge in [0.2, 0.25) is 11.8 Å². The fourth-order valence-electron chi connectivity index (χ4n) is 7.17. The second-order valence-corrected chi connectivity index (χ2v) is 12.6. The Morgan fingerprint density at radius 3 is 2.69 bits per heavy atom. The number of likely N-dealkylation sites (tertiary alicyclic amines) is 1. The molecule has 0 spiro atoms. The molecule has 3 aromatic rings. The highest BCUT2D eigenvalue weighted by atomic mass is 19.1. The van der Waals surface area contributed by atoms with Crippen LogP contribution in [0.15, 0.2) is 54.7 Å². The number of pyridine rings is 1. The zero-order valence-electron chi connectivity index (χ0n) is 25.0. The fourth-order valence-corrected chi connectivity index (χ4v) is 7.17. The zero-order valence-corrected chi connectivity index (χ0v) is 25.0. The number of nitrogens with two attached hydrogens (primary N) is 1. The minimum absolute atomic E-state index is 0.0737. The number of aryl methyl sites for hydroxylation is 1. The van der Waals surface area contributed by atoms with Gasteiger partial charge in [0, 0.05) is 61.3 Å². The summed E-state index contributed by atoms with van der Waals surface area (Å²) < 4.78 is 18.8. The third-order valence-corrected chi connectivity index (χ3v) is 8.93. The predicted molar refractivity (Wildman–Crippen MR) is 167 cm³/mol. The topological polar surface area (TPSA) is 71.7 Å². The number of ether oxygens (including phenoxy) is 1. The summed E-state index contributed by atoms with van der Waals surface area (Å²) in [5.74, 6) is 0.694. The summed E-state index contributed by atoms with van der Waals surface area (Å²) in [5.41, 5.74) is 16.1. The molecule has 3 heterocycles. The molecule has 1 saturated heterocycles. The van der Waals surface area contributed by atoms with E-state index in [1.807, 2.05) is 23.2 Å². The summed E-state index contributed by atoms with van der Waals surface area (Å²) in [7, 11) is 0. The Bertz CT molecular complexity index is 1510. The van der Waals surface area contributed by atoms with Crippen molar-refractivity contribution in [1.82, 2.24) is 9.88 Å². The number of fused-ring (bicyclic) bond motifs is 2. The number of hydrogen-bond acceptors (Lipinski definition) is 5. The van der Waals surface area contributed by atoms with E-state index in [0.717, 1.165) is 68.7 Å². The Morgan fingerprint density at radius 2 is 1.93 bits per heavy atom. The van der Waals surface area contributed by atoms with Crippen molar-refractivity contribution in [2.45, 2.75) is 70.9 Å². The number of allylic oxidation sites excluding steroid dienone is 1. The van der Waals surface area contributed by atoms with Gasteiger partial charge in [-0.2, -0.15) is 0 Å². The lowest BCUT2D eigenvalue weighted by Gasteiger charge is -2.31. The lowest BCUT2D eigenvalue weighted by atomic mass is 9.87. The van der Waals surface area contributed by atoms with Gasteiger partial charge in [-0.15, -0.1) is 0 Å². The number of nitrogen functional groups attached to an aromatic ring is 1. The molecule has 2 N–H and O–H groups in total. The Labute approximate surface area is 248 Å². The molecule has 3 aliphatic rings. The maximum Gasteiger partial charge on any atom is 0.224 e. The van der Waals surface area contributed by atoms with Crippen LogP contribution in [0.3, 0.4) is 0 Å². The van der Waals surface area contributed by atoms with Gasteiger partial charge < -0.3 is 15.4 Å². The highest BCUT2D eigenvalue weighted by molar-refractivity contribution is 6.01. The summed E-state index contributed by atoms with van der Waals surface area (Å²) in [6, 6.07) is 16.9. The van der Waals surface area contributed by atoms with E-state index in [9.17, 15) is 9.18 Å². The minimum atomic E-state index is -0.279. The van der Waals surface area contributed by atoms with E-state index >= 15 is 0 Å². The van der Waals surface area contributed by atoms with Crippen LogP contribution in [0.4, 0.5) is 15.8 Å². The van der Waals surface area contributed by atoms with Crippen molar-refractivity contribution >= 4 is 28.4 Å². The second kappa shape index (κ2) is 11.5. The third-order valence-electron chi connectivity index (χ3n) is 8.93. The number of hydrogen-bond donors (Lipinski definition) is 1. The van der Waals surface area contributed by atoms with Gasteiger partial charge in [-0.25, -0.2) is 4.98 Å². The van der Waals surface area contributed by atoms with Crippen LogP contribution in [-0.2, 0) is 17.6 Å². The van der Waals surface area contributed by atoms with Gasteiger partial charge in [0.15, 0.2) is 0 Å². The van der Waals surface area contributed by atoms with E-state index in [1.54, 1.807) is 6.92 Å². The maximum absolute atomic E-state index is 12.6. The van der Waals surface area contributed by atoms with Crippen molar-refractivity contribution in [2.24, 2.45) is 0 Å². The van der Waals surface area contributed by atoms with E-state index in [-0.39, 0.29) is 24.2 Å². The molecule has 1 aliphatic carbocycles. The number of carbonyl (C=O) groups excluding carboxylic acids is 1. The van der Waals surface area contributed by atoms with Crippen LogP contribution in [0.5, 0.6) is 5.88 Å². The van der Waals surface area contributed by atoms with Crippen molar-refractivity contribution in [2.75, 3.05) is 36.9 Å². The van der Waals surface area contributed by atoms with Crippen molar-refractivity contribution in [3.05, 3.63) is 82.5 Å². The first kappa shape index (κ1) is 28.4. The molecule has 6 rings (SSSR count). The molecule has 1 atom stereocenters. The van der Waals surface area contributed by atoms with Crippen LogP contribution < -0.4 is 15.4 Å². The third kappa shape index (κ3) is 5.54. The minimum Gasteiger partial charge on any atom is -0.473 e. The van der Waals surface area contributed by atoms with Crippen LogP contribution in [0.25, 0.3) is 11.1 Å². The number of carbonyl (C=O) groups is 1. The van der Waals surface area contributed by atoms with Crippen LogP contribution in [0.2, 0.25) is 0 Å². The Morgan fingerprint density at radius 1 is 1.10 bits per heavy atom. The van der Waals surface area contributed by atoms with E-state index in [4.69, 9.17) is 15.5 Å². The molecule has 7 heteroatoms. The smallest absolute Gasteiger partial charge is 0.224 e. The Hall–Kier alpha value is -3.71. The van der Waals surface area contributed by atoms with E-state index in [2.05, 4.69) is 55.1 Å². The van der Waals surface area contributed by atoms with Gasteiger partial charge in [-0.05, 0) is 116 Å². The lowest BCUT2D eigenvalue weighted by Crippen LogP contribution is -2.44. The molecule has 6 nitrogen and oxygen atoms in total. The molecular formula is C35H41FN4O2. The zero-order chi connectivity index (χ0) is 29.4. The van der Waals surface area contributed by atoms with Crippen molar-refractivity contribution < 1.29 is 13.9 Å². The molecule has 2 aromatic carbocycles. The first-order chi connectivity index (χ1) is 20.2. The summed E-state index contributed by atoms with van der Waals surface area (Å²) in [5, 5.41) is 0. The van der Waals surface area contributed by atoms with E-state index in [0.29, 0.717) is 12.3 Å². The van der Waals surface area contributed by atoms with Crippen molar-refractivity contribution in [3.8, 4) is 5.88 Å². The van der Waals surface area contributed by atoms with Crippen LogP contribution in [-0.4, -0.2) is 53.7 Å². The molecule has 2 aliphatic heterocycles. The van der Waals surface area contributed by atoms with Gasteiger partial charge in [0.05, 0.1) is 6.67 Å². The van der Waals surface area contributed by atoms with Crippen LogP contribution >= 0.6 is 0 Å². The Balaban J connectivity index is 1.36. The average molecular weight is 569 g/mol. The molecule has 0 radical (unpaired) electrons. The number of amides is 1. The predicted octanol–water partition coefficient (Wildman–Crippen LogP) is 6.46.